The first-order valence-electron chi connectivity index (χ1n) is 5.41. The number of nitrogens with zero attached hydrogens (tertiary/aromatic N) is 1. The number of aliphatic carboxylic acids is 1. The summed E-state index contributed by atoms with van der Waals surface area (Å²) in [5.74, 6) is -1.13. The summed E-state index contributed by atoms with van der Waals surface area (Å²) < 4.78 is 43.7. The van der Waals surface area contributed by atoms with Crippen LogP contribution in [0.25, 0.3) is 0 Å². The summed E-state index contributed by atoms with van der Waals surface area (Å²) in [6.45, 7) is 2.48. The molecule has 0 unspecified atom stereocenters. The molecule has 0 bridgehead atoms. The zero-order chi connectivity index (χ0) is 13.3. The normalized spacial score (nSPS) is 28.3. The number of likely N-dealkylation sites (tertiary alicyclic amines) is 1. The van der Waals surface area contributed by atoms with E-state index in [2.05, 4.69) is 0 Å². The molecule has 1 N–H and O–H groups in total. The number of ether oxygens (including phenoxy) is 1. The van der Waals surface area contributed by atoms with Crippen molar-refractivity contribution in [2.75, 3.05) is 19.7 Å². The molecular formula is C10H16F3NO3. The van der Waals surface area contributed by atoms with E-state index >= 15 is 0 Å². The van der Waals surface area contributed by atoms with E-state index < -0.39 is 30.3 Å². The van der Waals surface area contributed by atoms with Gasteiger partial charge in [0.2, 0.25) is 0 Å². The summed E-state index contributed by atoms with van der Waals surface area (Å²) in [6.07, 6.45) is -4.70. The van der Waals surface area contributed by atoms with Gasteiger partial charge in [0.15, 0.2) is 5.60 Å². The van der Waals surface area contributed by atoms with Gasteiger partial charge in [-0.3, -0.25) is 9.69 Å². The quantitative estimate of drug-likeness (QED) is 0.827. The Labute approximate surface area is 97.3 Å². The van der Waals surface area contributed by atoms with E-state index in [1.807, 2.05) is 0 Å². The predicted octanol–water partition coefficient (Wildman–Crippen LogP) is 1.50. The first-order valence-corrected chi connectivity index (χ1v) is 5.41. The van der Waals surface area contributed by atoms with E-state index in [4.69, 9.17) is 9.84 Å². The number of carboxylic acids is 1. The first kappa shape index (κ1) is 14.2. The van der Waals surface area contributed by atoms with Crippen molar-refractivity contribution in [1.82, 2.24) is 4.90 Å². The second kappa shape index (κ2) is 4.81. The highest BCUT2D eigenvalue weighted by molar-refractivity contribution is 5.72. The summed E-state index contributed by atoms with van der Waals surface area (Å²) in [6, 6.07) is -0.931. The zero-order valence-electron chi connectivity index (χ0n) is 9.75. The number of hydrogen-bond donors (Lipinski definition) is 1. The van der Waals surface area contributed by atoms with E-state index in [1.54, 1.807) is 0 Å². The molecule has 100 valence electrons. The Morgan fingerprint density at radius 1 is 1.59 bits per heavy atom. The van der Waals surface area contributed by atoms with Crippen LogP contribution >= 0.6 is 0 Å². The number of carboxylic acid groups (broad SMARTS) is 1. The van der Waals surface area contributed by atoms with Crippen LogP contribution in [-0.4, -0.2) is 53.5 Å². The van der Waals surface area contributed by atoms with Gasteiger partial charge in [0, 0.05) is 19.7 Å². The average molecular weight is 255 g/mol. The van der Waals surface area contributed by atoms with Crippen LogP contribution in [0.5, 0.6) is 0 Å². The third-order valence-corrected chi connectivity index (χ3v) is 3.10. The Kier molecular flexibility index (Phi) is 4.03. The monoisotopic (exact) mass is 255 g/mol. The predicted molar refractivity (Wildman–Crippen MR) is 53.7 cm³/mol. The van der Waals surface area contributed by atoms with Crippen molar-refractivity contribution in [3.8, 4) is 0 Å². The maximum Gasteiger partial charge on any atom is 0.418 e. The second-order valence-electron chi connectivity index (χ2n) is 4.16. The van der Waals surface area contributed by atoms with E-state index in [-0.39, 0.29) is 19.6 Å². The third kappa shape index (κ3) is 2.71. The fourth-order valence-electron chi connectivity index (χ4n) is 2.00. The summed E-state index contributed by atoms with van der Waals surface area (Å²) >= 11 is 0. The van der Waals surface area contributed by atoms with Crippen molar-refractivity contribution in [3.63, 3.8) is 0 Å². The molecule has 1 heterocycles. The molecule has 0 amide bonds. The van der Waals surface area contributed by atoms with Gasteiger partial charge in [0.1, 0.15) is 6.04 Å². The lowest BCUT2D eigenvalue weighted by molar-refractivity contribution is -0.271. The third-order valence-electron chi connectivity index (χ3n) is 3.10. The summed E-state index contributed by atoms with van der Waals surface area (Å²) in [5, 5.41) is 8.78. The first-order chi connectivity index (χ1) is 7.73. The molecule has 0 aliphatic carbocycles. The van der Waals surface area contributed by atoms with Crippen molar-refractivity contribution in [2.24, 2.45) is 0 Å². The van der Waals surface area contributed by atoms with Crippen molar-refractivity contribution >= 4 is 5.97 Å². The Bertz CT molecular complexity index is 295. The lowest BCUT2D eigenvalue weighted by Gasteiger charge is -2.32. The standard InChI is InChI=1S/C10H16F3NO3/c1-3-17-9(10(11,12)13)4-5-14(6-9)7(2)8(15)16/h7H,3-6H2,1-2H3,(H,15,16)/t7-,9-/m0/s1. The van der Waals surface area contributed by atoms with Crippen molar-refractivity contribution in [2.45, 2.75) is 38.1 Å². The minimum Gasteiger partial charge on any atom is -0.480 e. The lowest BCUT2D eigenvalue weighted by Crippen LogP contribution is -2.51. The highest BCUT2D eigenvalue weighted by Crippen LogP contribution is 2.41. The van der Waals surface area contributed by atoms with Crippen LogP contribution in [0.4, 0.5) is 13.2 Å². The Balaban J connectivity index is 2.82. The van der Waals surface area contributed by atoms with E-state index in [9.17, 15) is 18.0 Å². The molecule has 0 aromatic carbocycles. The molecule has 1 rings (SSSR count). The largest absolute Gasteiger partial charge is 0.480 e. The van der Waals surface area contributed by atoms with Crippen LogP contribution in [0.1, 0.15) is 20.3 Å². The molecule has 1 fully saturated rings. The van der Waals surface area contributed by atoms with E-state index in [0.717, 1.165) is 0 Å². The SMILES string of the molecule is CCO[C@@]1(C(F)(F)F)CCN([C@@H](C)C(=O)O)C1. The molecule has 0 spiro atoms. The van der Waals surface area contributed by atoms with Gasteiger partial charge in [-0.2, -0.15) is 13.2 Å². The van der Waals surface area contributed by atoms with Crippen molar-refractivity contribution < 1.29 is 27.8 Å². The minimum absolute atomic E-state index is 0.0468. The number of hydrogen-bond acceptors (Lipinski definition) is 3. The minimum atomic E-state index is -4.48. The average Bonchev–Trinajstić information content (AvgIpc) is 2.62. The Morgan fingerprint density at radius 3 is 2.59 bits per heavy atom. The Hall–Kier alpha value is -0.820. The van der Waals surface area contributed by atoms with Crippen LogP contribution in [0.2, 0.25) is 0 Å². The molecule has 0 saturated carbocycles. The van der Waals surface area contributed by atoms with E-state index in [0.29, 0.717) is 0 Å². The molecule has 17 heavy (non-hydrogen) atoms. The van der Waals surface area contributed by atoms with E-state index in [1.165, 1.54) is 18.7 Å². The fourth-order valence-corrected chi connectivity index (χ4v) is 2.00. The lowest BCUT2D eigenvalue weighted by atomic mass is 10.0. The number of carbonyl (C=O) groups is 1. The van der Waals surface area contributed by atoms with Crippen molar-refractivity contribution in [1.29, 1.82) is 0 Å². The zero-order valence-corrected chi connectivity index (χ0v) is 9.75. The topological polar surface area (TPSA) is 49.8 Å². The number of rotatable bonds is 4. The molecule has 1 aliphatic rings. The van der Waals surface area contributed by atoms with Crippen LogP contribution in [-0.2, 0) is 9.53 Å². The second-order valence-corrected chi connectivity index (χ2v) is 4.16. The van der Waals surface area contributed by atoms with Gasteiger partial charge in [0.25, 0.3) is 0 Å². The molecule has 7 heteroatoms. The summed E-state index contributed by atoms with van der Waals surface area (Å²) in [5.41, 5.74) is -2.22. The molecule has 0 aromatic rings. The number of alkyl halides is 3. The molecule has 4 nitrogen and oxygen atoms in total. The van der Waals surface area contributed by atoms with Gasteiger partial charge < -0.3 is 9.84 Å². The van der Waals surface area contributed by atoms with Gasteiger partial charge in [-0.1, -0.05) is 0 Å². The van der Waals surface area contributed by atoms with Crippen LogP contribution in [0.3, 0.4) is 0 Å². The maximum absolute atomic E-state index is 12.9. The molecule has 1 saturated heterocycles. The van der Waals surface area contributed by atoms with Gasteiger partial charge in [-0.25, -0.2) is 0 Å². The smallest absolute Gasteiger partial charge is 0.418 e. The molecule has 0 radical (unpaired) electrons. The van der Waals surface area contributed by atoms with Crippen molar-refractivity contribution in [3.05, 3.63) is 0 Å². The maximum atomic E-state index is 12.9. The highest BCUT2D eigenvalue weighted by Gasteiger charge is 2.59. The van der Waals surface area contributed by atoms with Gasteiger partial charge in [-0.15, -0.1) is 0 Å². The van der Waals surface area contributed by atoms with Crippen LogP contribution in [0, 0.1) is 0 Å². The Morgan fingerprint density at radius 2 is 2.18 bits per heavy atom. The fraction of sp³-hybridized carbons (Fsp3) is 0.900. The number of halogens is 3. The molecular weight excluding hydrogens is 239 g/mol. The summed E-state index contributed by atoms with van der Waals surface area (Å²) in [7, 11) is 0. The molecule has 0 aromatic heterocycles. The van der Waals surface area contributed by atoms with Gasteiger partial charge >= 0.3 is 12.1 Å². The summed E-state index contributed by atoms with van der Waals surface area (Å²) in [4.78, 5) is 12.0. The van der Waals surface area contributed by atoms with Crippen LogP contribution < -0.4 is 0 Å². The highest BCUT2D eigenvalue weighted by atomic mass is 19.4. The molecule has 1 aliphatic heterocycles. The van der Waals surface area contributed by atoms with Gasteiger partial charge in [0.05, 0.1) is 0 Å². The van der Waals surface area contributed by atoms with Gasteiger partial charge in [-0.05, 0) is 20.3 Å². The van der Waals surface area contributed by atoms with Crippen LogP contribution in [0.15, 0.2) is 0 Å². The molecule has 2 atom stereocenters.